The summed E-state index contributed by atoms with van der Waals surface area (Å²) >= 11 is 0. The molecule has 2 N–H and O–H groups in total. The zero-order valence-corrected chi connectivity index (χ0v) is 14.2. The van der Waals surface area contributed by atoms with Crippen LogP contribution in [0.15, 0.2) is 11.6 Å². The highest BCUT2D eigenvalue weighted by Gasteiger charge is 2.59. The first-order chi connectivity index (χ1) is 11.0. The summed E-state index contributed by atoms with van der Waals surface area (Å²) in [6, 6.07) is 0. The van der Waals surface area contributed by atoms with Crippen LogP contribution in [0.1, 0.15) is 64.7 Å². The van der Waals surface area contributed by atoms with E-state index in [1.807, 2.05) is 0 Å². The van der Waals surface area contributed by atoms with Crippen molar-refractivity contribution >= 4 is 6.29 Å². The van der Waals surface area contributed by atoms with Gasteiger partial charge in [0.1, 0.15) is 6.29 Å². The number of carbonyl (C=O) groups is 1. The topological polar surface area (TPSA) is 57.5 Å². The standard InChI is InChI=1S/C20H30O3/c1-19-8-7-17-15(16(19)4-5-18(19)23)3-2-13-12-14(22)6-9-20(13,17)10-11-21/h2,11,14-18,22-23H,3-10,12H2,1H3/t14-,15-,16-,17-,18-,19-,20+/m0/s1. The lowest BCUT2D eigenvalue weighted by atomic mass is 9.46. The van der Waals surface area contributed by atoms with Crippen LogP contribution in [0.25, 0.3) is 0 Å². The highest BCUT2D eigenvalue weighted by Crippen LogP contribution is 2.65. The SMILES string of the molecule is C[C@]12CC[C@H]3[C@@H](CC=C4C[C@@H](O)CC[C@@]43CC=O)[C@@H]1CC[C@@H]2O. The van der Waals surface area contributed by atoms with Crippen LogP contribution >= 0.6 is 0 Å². The smallest absolute Gasteiger partial charge is 0.120 e. The Balaban J connectivity index is 1.71. The average molecular weight is 318 g/mol. The Morgan fingerprint density at radius 2 is 2.00 bits per heavy atom. The van der Waals surface area contributed by atoms with Crippen molar-refractivity contribution in [3.8, 4) is 0 Å². The lowest BCUT2D eigenvalue weighted by molar-refractivity contribution is -0.115. The van der Waals surface area contributed by atoms with E-state index in [0.29, 0.717) is 24.2 Å². The highest BCUT2D eigenvalue weighted by molar-refractivity contribution is 5.53. The zero-order chi connectivity index (χ0) is 16.2. The van der Waals surface area contributed by atoms with Gasteiger partial charge in [-0.3, -0.25) is 0 Å². The Morgan fingerprint density at radius 3 is 2.78 bits per heavy atom. The molecule has 0 radical (unpaired) electrons. The fourth-order valence-electron chi connectivity index (χ4n) is 6.94. The van der Waals surface area contributed by atoms with E-state index >= 15 is 0 Å². The van der Waals surface area contributed by atoms with Crippen LogP contribution in [0.4, 0.5) is 0 Å². The van der Waals surface area contributed by atoms with Gasteiger partial charge in [0, 0.05) is 11.8 Å². The Morgan fingerprint density at radius 1 is 1.17 bits per heavy atom. The van der Waals surface area contributed by atoms with Gasteiger partial charge in [0.2, 0.25) is 0 Å². The van der Waals surface area contributed by atoms with Crippen molar-refractivity contribution < 1.29 is 15.0 Å². The molecule has 3 fully saturated rings. The molecule has 4 rings (SSSR count). The number of hydrogen-bond donors (Lipinski definition) is 2. The number of aldehydes is 1. The molecule has 0 unspecified atom stereocenters. The summed E-state index contributed by atoms with van der Waals surface area (Å²) in [6.07, 6.45) is 11.7. The minimum absolute atomic E-state index is 0.0127. The van der Waals surface area contributed by atoms with Crippen LogP contribution in [0.5, 0.6) is 0 Å². The minimum atomic E-state index is -0.222. The van der Waals surface area contributed by atoms with Gasteiger partial charge in [-0.15, -0.1) is 0 Å². The molecule has 128 valence electrons. The van der Waals surface area contributed by atoms with E-state index in [2.05, 4.69) is 13.0 Å². The third kappa shape index (κ3) is 2.12. The molecule has 3 nitrogen and oxygen atoms in total. The second kappa shape index (κ2) is 5.42. The number of fused-ring (bicyclic) bond motifs is 5. The summed E-state index contributed by atoms with van der Waals surface area (Å²) in [4.78, 5) is 11.5. The molecule has 23 heavy (non-hydrogen) atoms. The molecule has 4 aliphatic carbocycles. The van der Waals surface area contributed by atoms with Gasteiger partial charge in [-0.05, 0) is 74.5 Å². The van der Waals surface area contributed by atoms with Gasteiger partial charge >= 0.3 is 0 Å². The largest absolute Gasteiger partial charge is 0.393 e. The monoisotopic (exact) mass is 318 g/mol. The molecule has 3 heteroatoms. The third-order valence-electron chi connectivity index (χ3n) is 8.20. The van der Waals surface area contributed by atoms with E-state index in [4.69, 9.17) is 0 Å². The van der Waals surface area contributed by atoms with E-state index in [-0.39, 0.29) is 23.0 Å². The van der Waals surface area contributed by atoms with Crippen LogP contribution in [-0.4, -0.2) is 28.7 Å². The summed E-state index contributed by atoms with van der Waals surface area (Å²) < 4.78 is 0. The van der Waals surface area contributed by atoms with Gasteiger partial charge in [0.25, 0.3) is 0 Å². The van der Waals surface area contributed by atoms with Crippen molar-refractivity contribution in [3.63, 3.8) is 0 Å². The predicted molar refractivity (Wildman–Crippen MR) is 88.7 cm³/mol. The second-order valence-corrected chi connectivity index (χ2v) is 8.90. The quantitative estimate of drug-likeness (QED) is 0.607. The molecule has 0 aliphatic heterocycles. The van der Waals surface area contributed by atoms with E-state index in [0.717, 1.165) is 57.7 Å². The van der Waals surface area contributed by atoms with Crippen molar-refractivity contribution in [1.29, 1.82) is 0 Å². The van der Waals surface area contributed by atoms with Crippen molar-refractivity contribution in [2.75, 3.05) is 0 Å². The first-order valence-electron chi connectivity index (χ1n) is 9.50. The predicted octanol–water partition coefficient (Wildman–Crippen LogP) is 3.24. The summed E-state index contributed by atoms with van der Waals surface area (Å²) in [5.41, 5.74) is 1.47. The number of allylic oxidation sites excluding steroid dienone is 1. The fourth-order valence-corrected chi connectivity index (χ4v) is 6.94. The van der Waals surface area contributed by atoms with Crippen LogP contribution in [0.2, 0.25) is 0 Å². The van der Waals surface area contributed by atoms with Gasteiger partial charge in [0.15, 0.2) is 0 Å². The van der Waals surface area contributed by atoms with Crippen molar-refractivity contribution in [1.82, 2.24) is 0 Å². The van der Waals surface area contributed by atoms with Crippen LogP contribution in [-0.2, 0) is 4.79 Å². The lowest BCUT2D eigenvalue weighted by Gasteiger charge is -2.58. The Hall–Kier alpha value is -0.670. The summed E-state index contributed by atoms with van der Waals surface area (Å²) in [6.45, 7) is 2.29. The van der Waals surface area contributed by atoms with Crippen molar-refractivity contribution in [2.45, 2.75) is 76.9 Å². The third-order valence-corrected chi connectivity index (χ3v) is 8.20. The number of aliphatic hydroxyl groups excluding tert-OH is 2. The maximum atomic E-state index is 11.5. The molecule has 0 amide bonds. The molecule has 0 aromatic rings. The normalized spacial score (nSPS) is 52.1. The molecular formula is C20H30O3. The maximum Gasteiger partial charge on any atom is 0.120 e. The van der Waals surface area contributed by atoms with E-state index < -0.39 is 0 Å². The number of hydrogen-bond acceptors (Lipinski definition) is 3. The molecule has 0 bridgehead atoms. The van der Waals surface area contributed by atoms with Crippen molar-refractivity contribution in [3.05, 3.63) is 11.6 Å². The number of aliphatic hydroxyl groups is 2. The van der Waals surface area contributed by atoms with E-state index in [9.17, 15) is 15.0 Å². The Kier molecular flexibility index (Phi) is 3.73. The summed E-state index contributed by atoms with van der Waals surface area (Å²) in [5, 5.41) is 20.6. The van der Waals surface area contributed by atoms with Gasteiger partial charge in [-0.25, -0.2) is 0 Å². The molecule has 0 spiro atoms. The molecule has 7 atom stereocenters. The zero-order valence-electron chi connectivity index (χ0n) is 14.2. The second-order valence-electron chi connectivity index (χ2n) is 8.90. The Bertz CT molecular complexity index is 527. The number of rotatable bonds is 2. The molecule has 0 aromatic carbocycles. The molecule has 4 aliphatic rings. The minimum Gasteiger partial charge on any atom is -0.393 e. The van der Waals surface area contributed by atoms with E-state index in [1.165, 1.54) is 5.57 Å². The van der Waals surface area contributed by atoms with Crippen LogP contribution in [0.3, 0.4) is 0 Å². The maximum absolute atomic E-state index is 11.5. The first-order valence-corrected chi connectivity index (χ1v) is 9.50. The average Bonchev–Trinajstić information content (AvgIpc) is 2.84. The summed E-state index contributed by atoms with van der Waals surface area (Å²) in [7, 11) is 0. The van der Waals surface area contributed by atoms with Crippen LogP contribution < -0.4 is 0 Å². The highest BCUT2D eigenvalue weighted by atomic mass is 16.3. The van der Waals surface area contributed by atoms with Gasteiger partial charge in [-0.2, -0.15) is 0 Å². The Labute approximate surface area is 139 Å². The van der Waals surface area contributed by atoms with E-state index in [1.54, 1.807) is 0 Å². The fraction of sp³-hybridized carbons (Fsp3) is 0.850. The molecule has 0 saturated heterocycles. The lowest BCUT2D eigenvalue weighted by Crippen LogP contribution is -2.52. The molecule has 3 saturated carbocycles. The molecule has 0 heterocycles. The summed E-state index contributed by atoms with van der Waals surface area (Å²) in [5.74, 6) is 1.79. The van der Waals surface area contributed by atoms with Crippen LogP contribution in [0, 0.1) is 28.6 Å². The van der Waals surface area contributed by atoms with Gasteiger partial charge in [-0.1, -0.05) is 18.6 Å². The van der Waals surface area contributed by atoms with Gasteiger partial charge < -0.3 is 15.0 Å². The van der Waals surface area contributed by atoms with Gasteiger partial charge in [0.05, 0.1) is 12.2 Å². The number of carbonyl (C=O) groups excluding carboxylic acids is 1. The first kappa shape index (κ1) is 15.8. The van der Waals surface area contributed by atoms with Crippen molar-refractivity contribution in [2.24, 2.45) is 28.6 Å². The molecular weight excluding hydrogens is 288 g/mol. The molecule has 0 aromatic heterocycles.